The molecule has 0 saturated heterocycles. The van der Waals surface area contributed by atoms with E-state index in [0.29, 0.717) is 22.8 Å². The number of sulfonamides is 1. The van der Waals surface area contributed by atoms with Crippen molar-refractivity contribution in [3.63, 3.8) is 0 Å². The summed E-state index contributed by atoms with van der Waals surface area (Å²) in [6.07, 6.45) is 1.32. The topological polar surface area (TPSA) is 105 Å². The van der Waals surface area contributed by atoms with E-state index in [1.807, 2.05) is 13.8 Å². The normalized spacial score (nSPS) is 12.1. The monoisotopic (exact) mass is 539 g/mol. The summed E-state index contributed by atoms with van der Waals surface area (Å²) in [5.74, 6) is -0.216. The van der Waals surface area contributed by atoms with Gasteiger partial charge in [0.2, 0.25) is 21.8 Å². The van der Waals surface area contributed by atoms with Crippen LogP contribution in [0.1, 0.15) is 32.8 Å². The molecule has 36 heavy (non-hydrogen) atoms. The summed E-state index contributed by atoms with van der Waals surface area (Å²) in [5.41, 5.74) is 0.808. The molecule has 2 amide bonds. The quantitative estimate of drug-likeness (QED) is 0.443. The lowest BCUT2D eigenvalue weighted by atomic mass is 10.1. The largest absolute Gasteiger partial charge is 0.497 e. The van der Waals surface area contributed by atoms with Crippen molar-refractivity contribution in [2.75, 3.05) is 31.3 Å². The first-order valence-corrected chi connectivity index (χ1v) is 13.7. The van der Waals surface area contributed by atoms with E-state index in [1.165, 1.54) is 31.3 Å². The predicted molar refractivity (Wildman–Crippen MR) is 141 cm³/mol. The van der Waals surface area contributed by atoms with Crippen LogP contribution in [-0.2, 0) is 26.2 Å². The second-order valence-electron chi connectivity index (χ2n) is 8.51. The first-order valence-electron chi connectivity index (χ1n) is 11.5. The van der Waals surface area contributed by atoms with Crippen LogP contribution in [0.2, 0.25) is 5.02 Å². The maximum atomic E-state index is 13.7. The number of methoxy groups -OCH3 is 2. The lowest BCUT2D eigenvalue weighted by Gasteiger charge is -2.33. The van der Waals surface area contributed by atoms with E-state index in [0.717, 1.165) is 10.6 Å². The number of rotatable bonds is 12. The highest BCUT2D eigenvalue weighted by atomic mass is 35.5. The van der Waals surface area contributed by atoms with Crippen LogP contribution >= 0.6 is 11.6 Å². The highest BCUT2D eigenvalue weighted by molar-refractivity contribution is 7.92. The summed E-state index contributed by atoms with van der Waals surface area (Å²) in [7, 11) is -1.04. The van der Waals surface area contributed by atoms with E-state index >= 15 is 0 Å². The van der Waals surface area contributed by atoms with E-state index in [-0.39, 0.29) is 29.9 Å². The first kappa shape index (κ1) is 29.3. The Bertz CT molecular complexity index is 1170. The van der Waals surface area contributed by atoms with Gasteiger partial charge in [-0.05, 0) is 44.0 Å². The lowest BCUT2D eigenvalue weighted by Crippen LogP contribution is -2.53. The van der Waals surface area contributed by atoms with Crippen LogP contribution in [-0.4, -0.2) is 64.2 Å². The smallest absolute Gasteiger partial charge is 0.244 e. The van der Waals surface area contributed by atoms with Gasteiger partial charge in [-0.1, -0.05) is 36.7 Å². The number of carbonyl (C=O) groups is 2. The molecule has 11 heteroatoms. The van der Waals surface area contributed by atoms with Crippen LogP contribution in [0.3, 0.4) is 0 Å². The summed E-state index contributed by atoms with van der Waals surface area (Å²) >= 11 is 6.35. The van der Waals surface area contributed by atoms with Crippen molar-refractivity contribution in [1.29, 1.82) is 0 Å². The van der Waals surface area contributed by atoms with Crippen molar-refractivity contribution in [3.8, 4) is 11.5 Å². The zero-order valence-electron chi connectivity index (χ0n) is 21.4. The zero-order chi connectivity index (χ0) is 27.0. The minimum atomic E-state index is -3.91. The van der Waals surface area contributed by atoms with Gasteiger partial charge in [0.05, 0.1) is 26.2 Å². The Hall–Kier alpha value is -2.98. The Balaban J connectivity index is 2.53. The lowest BCUT2D eigenvalue weighted by molar-refractivity contribution is -0.140. The standard InChI is InChI=1S/C25H34ClN3O6S/c1-7-21(25(31)27-17(2)3)28(15-18-10-8-9-11-20(18)26)24(30)16-29(36(6,32)33)22-13-12-19(34-4)14-23(22)35-5/h8-14,17,21H,7,15-16H2,1-6H3,(H,27,31)/t21-/m0/s1. The van der Waals surface area contributed by atoms with E-state index in [9.17, 15) is 18.0 Å². The van der Waals surface area contributed by atoms with Crippen molar-refractivity contribution in [3.05, 3.63) is 53.1 Å². The summed E-state index contributed by atoms with van der Waals surface area (Å²) in [5, 5.41) is 3.28. The van der Waals surface area contributed by atoms with Gasteiger partial charge >= 0.3 is 0 Å². The van der Waals surface area contributed by atoms with E-state index in [1.54, 1.807) is 37.3 Å². The number of hydrogen-bond donors (Lipinski definition) is 1. The van der Waals surface area contributed by atoms with E-state index in [2.05, 4.69) is 5.32 Å². The molecule has 2 rings (SSSR count). The second kappa shape index (κ2) is 12.8. The van der Waals surface area contributed by atoms with Crippen LogP contribution in [0.5, 0.6) is 11.5 Å². The molecule has 0 radical (unpaired) electrons. The molecule has 0 aromatic heterocycles. The summed E-state index contributed by atoms with van der Waals surface area (Å²) < 4.78 is 37.2. The number of nitrogens with one attached hydrogen (secondary N) is 1. The molecule has 9 nitrogen and oxygen atoms in total. The highest BCUT2D eigenvalue weighted by Gasteiger charge is 2.33. The Morgan fingerprint density at radius 3 is 2.28 bits per heavy atom. The number of hydrogen-bond acceptors (Lipinski definition) is 6. The summed E-state index contributed by atoms with van der Waals surface area (Å²) in [6.45, 7) is 4.92. The summed E-state index contributed by atoms with van der Waals surface area (Å²) in [4.78, 5) is 28.1. The average molecular weight is 540 g/mol. The third-order valence-corrected chi connectivity index (χ3v) is 6.95. The van der Waals surface area contributed by atoms with Crippen LogP contribution in [0.4, 0.5) is 5.69 Å². The summed E-state index contributed by atoms with van der Waals surface area (Å²) in [6, 6.07) is 10.6. The molecule has 0 bridgehead atoms. The number of benzene rings is 2. The van der Waals surface area contributed by atoms with Gasteiger partial charge in [-0.15, -0.1) is 0 Å². The Labute approximate surface area is 218 Å². The first-order chi connectivity index (χ1) is 16.9. The molecular weight excluding hydrogens is 506 g/mol. The van der Waals surface area contributed by atoms with Gasteiger partial charge in [-0.2, -0.15) is 0 Å². The molecule has 0 unspecified atom stereocenters. The molecule has 2 aromatic rings. The van der Waals surface area contributed by atoms with Crippen LogP contribution in [0.15, 0.2) is 42.5 Å². The van der Waals surface area contributed by atoms with Crippen LogP contribution in [0.25, 0.3) is 0 Å². The van der Waals surface area contributed by atoms with Crippen molar-refractivity contribution in [2.24, 2.45) is 0 Å². The molecule has 2 aromatic carbocycles. The SMILES string of the molecule is CC[C@@H](C(=O)NC(C)C)N(Cc1ccccc1Cl)C(=O)CN(c1ccc(OC)cc1OC)S(C)(=O)=O. The van der Waals surface area contributed by atoms with E-state index in [4.69, 9.17) is 21.1 Å². The van der Waals surface area contributed by atoms with Crippen molar-refractivity contribution in [2.45, 2.75) is 45.8 Å². The third-order valence-electron chi connectivity index (χ3n) is 5.45. The molecule has 0 saturated carbocycles. The fourth-order valence-electron chi connectivity index (χ4n) is 3.70. The Kier molecular flexibility index (Phi) is 10.4. The molecule has 1 N–H and O–H groups in total. The fourth-order valence-corrected chi connectivity index (χ4v) is 4.74. The van der Waals surface area contributed by atoms with Gasteiger partial charge in [0.1, 0.15) is 24.1 Å². The second-order valence-corrected chi connectivity index (χ2v) is 10.8. The van der Waals surface area contributed by atoms with E-state index < -0.39 is 28.5 Å². The predicted octanol–water partition coefficient (Wildman–Crippen LogP) is 3.46. The zero-order valence-corrected chi connectivity index (χ0v) is 23.0. The minimum absolute atomic E-state index is 0.0277. The van der Waals surface area contributed by atoms with Gasteiger partial charge in [-0.25, -0.2) is 8.42 Å². The Morgan fingerprint density at radius 2 is 1.75 bits per heavy atom. The molecule has 0 aliphatic carbocycles. The maximum Gasteiger partial charge on any atom is 0.244 e. The number of amides is 2. The molecule has 198 valence electrons. The van der Waals surface area contributed by atoms with Crippen LogP contribution < -0.4 is 19.1 Å². The number of nitrogens with zero attached hydrogens (tertiary/aromatic N) is 2. The molecule has 0 aliphatic rings. The van der Waals surface area contributed by atoms with Crippen molar-refractivity contribution < 1.29 is 27.5 Å². The molecule has 0 fully saturated rings. The maximum absolute atomic E-state index is 13.7. The fraction of sp³-hybridized carbons (Fsp3) is 0.440. The molecule has 1 atom stereocenters. The number of anilines is 1. The minimum Gasteiger partial charge on any atom is -0.497 e. The van der Waals surface area contributed by atoms with Crippen molar-refractivity contribution in [1.82, 2.24) is 10.2 Å². The molecule has 0 spiro atoms. The van der Waals surface area contributed by atoms with Gasteiger partial charge in [0, 0.05) is 23.7 Å². The van der Waals surface area contributed by atoms with Crippen LogP contribution in [0, 0.1) is 0 Å². The molecule has 0 aliphatic heterocycles. The molecular formula is C25H34ClN3O6S. The van der Waals surface area contributed by atoms with Gasteiger partial charge < -0.3 is 19.7 Å². The van der Waals surface area contributed by atoms with Gasteiger partial charge in [-0.3, -0.25) is 13.9 Å². The molecule has 0 heterocycles. The third kappa shape index (κ3) is 7.51. The average Bonchev–Trinajstić information content (AvgIpc) is 2.81. The number of ether oxygens (including phenoxy) is 2. The Morgan fingerprint density at radius 1 is 1.08 bits per heavy atom. The van der Waals surface area contributed by atoms with Gasteiger partial charge in [0.15, 0.2) is 0 Å². The van der Waals surface area contributed by atoms with Gasteiger partial charge in [0.25, 0.3) is 0 Å². The number of halogens is 1. The highest BCUT2D eigenvalue weighted by Crippen LogP contribution is 2.34. The number of carbonyl (C=O) groups excluding carboxylic acids is 2. The van der Waals surface area contributed by atoms with Crippen molar-refractivity contribution >= 4 is 39.1 Å².